The summed E-state index contributed by atoms with van der Waals surface area (Å²) in [5.74, 6) is 2.09. The van der Waals surface area contributed by atoms with Gasteiger partial charge in [0.1, 0.15) is 5.78 Å². The van der Waals surface area contributed by atoms with E-state index < -0.39 is 0 Å². The van der Waals surface area contributed by atoms with Crippen LogP contribution >= 0.6 is 0 Å². The van der Waals surface area contributed by atoms with E-state index in [1.54, 1.807) is 0 Å². The average Bonchev–Trinajstić information content (AvgIpc) is 2.14. The topological polar surface area (TPSA) is 17.1 Å². The van der Waals surface area contributed by atoms with Crippen molar-refractivity contribution in [1.29, 1.82) is 0 Å². The zero-order chi connectivity index (χ0) is 13.4. The molecule has 1 fully saturated rings. The highest BCUT2D eigenvalue weighted by Gasteiger charge is 2.42. The Morgan fingerprint density at radius 2 is 1.53 bits per heavy atom. The van der Waals surface area contributed by atoms with Crippen LogP contribution in [0.5, 0.6) is 0 Å². The third-order valence-electron chi connectivity index (χ3n) is 4.30. The van der Waals surface area contributed by atoms with Crippen LogP contribution in [-0.4, -0.2) is 5.78 Å². The van der Waals surface area contributed by atoms with Gasteiger partial charge in [0.25, 0.3) is 0 Å². The van der Waals surface area contributed by atoms with Crippen LogP contribution in [0.25, 0.3) is 0 Å². The fraction of sp³-hybridized carbons (Fsp3) is 0.938. The molecule has 0 heterocycles. The van der Waals surface area contributed by atoms with E-state index in [2.05, 4.69) is 48.5 Å². The molecular weight excluding hydrogens is 208 g/mol. The largest absolute Gasteiger partial charge is 0.299 e. The van der Waals surface area contributed by atoms with Gasteiger partial charge in [-0.25, -0.2) is 0 Å². The summed E-state index contributed by atoms with van der Waals surface area (Å²) in [5, 5.41) is 0. The van der Waals surface area contributed by atoms with Gasteiger partial charge in [-0.2, -0.15) is 0 Å². The Labute approximate surface area is 107 Å². The van der Waals surface area contributed by atoms with Crippen LogP contribution in [0, 0.1) is 28.6 Å². The Morgan fingerprint density at radius 3 is 1.94 bits per heavy atom. The SMILES string of the molecule is CC1CC[C@H](C(=O)C(C)(C)C)C(C(C)(C)C)C1. The van der Waals surface area contributed by atoms with Gasteiger partial charge in [-0.1, -0.05) is 54.9 Å². The van der Waals surface area contributed by atoms with E-state index in [4.69, 9.17) is 0 Å². The highest BCUT2D eigenvalue weighted by molar-refractivity contribution is 5.86. The number of carbonyl (C=O) groups excluding carboxylic acids is 1. The first kappa shape index (κ1) is 14.7. The van der Waals surface area contributed by atoms with Gasteiger partial charge in [0.2, 0.25) is 0 Å². The Kier molecular flexibility index (Phi) is 4.11. The quantitative estimate of drug-likeness (QED) is 0.647. The maximum atomic E-state index is 12.6. The molecule has 1 nitrogen and oxygen atoms in total. The van der Waals surface area contributed by atoms with Gasteiger partial charge < -0.3 is 0 Å². The van der Waals surface area contributed by atoms with E-state index in [-0.39, 0.29) is 16.7 Å². The summed E-state index contributed by atoms with van der Waals surface area (Å²) in [4.78, 5) is 12.6. The highest BCUT2D eigenvalue weighted by Crippen LogP contribution is 2.46. The first-order chi connectivity index (χ1) is 7.53. The van der Waals surface area contributed by atoms with Crippen molar-refractivity contribution < 1.29 is 4.79 Å². The zero-order valence-electron chi connectivity index (χ0n) is 12.8. The molecule has 0 radical (unpaired) electrons. The normalized spacial score (nSPS) is 31.4. The minimum absolute atomic E-state index is 0.186. The van der Waals surface area contributed by atoms with Crippen LogP contribution in [0.15, 0.2) is 0 Å². The number of ketones is 1. The Hall–Kier alpha value is -0.330. The molecule has 0 aromatic rings. The number of Topliss-reactive ketones (excluding diaryl/α,β-unsaturated/α-hetero) is 1. The van der Waals surface area contributed by atoms with Gasteiger partial charge in [0, 0.05) is 11.3 Å². The van der Waals surface area contributed by atoms with Crippen molar-refractivity contribution in [1.82, 2.24) is 0 Å². The lowest BCUT2D eigenvalue weighted by atomic mass is 9.60. The lowest BCUT2D eigenvalue weighted by Gasteiger charge is -2.43. The molecule has 0 aromatic heterocycles. The van der Waals surface area contributed by atoms with Gasteiger partial charge >= 0.3 is 0 Å². The fourth-order valence-corrected chi connectivity index (χ4v) is 3.21. The molecule has 0 aliphatic heterocycles. The maximum Gasteiger partial charge on any atom is 0.141 e. The van der Waals surface area contributed by atoms with Gasteiger partial charge in [0.15, 0.2) is 0 Å². The molecule has 1 aliphatic carbocycles. The fourth-order valence-electron chi connectivity index (χ4n) is 3.21. The van der Waals surface area contributed by atoms with Crippen molar-refractivity contribution in [2.75, 3.05) is 0 Å². The molecule has 0 spiro atoms. The van der Waals surface area contributed by atoms with Gasteiger partial charge in [0.05, 0.1) is 0 Å². The van der Waals surface area contributed by atoms with Gasteiger partial charge in [-0.3, -0.25) is 4.79 Å². The van der Waals surface area contributed by atoms with E-state index in [0.717, 1.165) is 12.3 Å². The molecule has 1 aliphatic rings. The lowest BCUT2D eigenvalue weighted by molar-refractivity contribution is -0.136. The van der Waals surface area contributed by atoms with Crippen molar-refractivity contribution in [3.8, 4) is 0 Å². The van der Waals surface area contributed by atoms with Crippen molar-refractivity contribution in [3.63, 3.8) is 0 Å². The number of carbonyl (C=O) groups is 1. The first-order valence-corrected chi connectivity index (χ1v) is 7.08. The minimum atomic E-state index is -0.186. The molecule has 0 saturated heterocycles. The highest BCUT2D eigenvalue weighted by atomic mass is 16.1. The van der Waals surface area contributed by atoms with Crippen LogP contribution in [0.2, 0.25) is 0 Å². The minimum Gasteiger partial charge on any atom is -0.299 e. The van der Waals surface area contributed by atoms with Crippen molar-refractivity contribution in [2.45, 2.75) is 67.7 Å². The van der Waals surface area contributed by atoms with Crippen LogP contribution in [0.4, 0.5) is 0 Å². The number of hydrogen-bond donors (Lipinski definition) is 0. The summed E-state index contributed by atoms with van der Waals surface area (Å²) >= 11 is 0. The molecule has 1 heteroatoms. The summed E-state index contributed by atoms with van der Waals surface area (Å²) in [7, 11) is 0. The number of hydrogen-bond acceptors (Lipinski definition) is 1. The van der Waals surface area contributed by atoms with Crippen molar-refractivity contribution in [3.05, 3.63) is 0 Å². The third-order valence-corrected chi connectivity index (χ3v) is 4.30. The monoisotopic (exact) mass is 238 g/mol. The van der Waals surface area contributed by atoms with Crippen LogP contribution in [0.3, 0.4) is 0 Å². The molecular formula is C16H30O. The van der Waals surface area contributed by atoms with E-state index >= 15 is 0 Å². The molecule has 17 heavy (non-hydrogen) atoms. The molecule has 3 atom stereocenters. The summed E-state index contributed by atoms with van der Waals surface area (Å²) in [5.41, 5.74) is 0.0645. The smallest absolute Gasteiger partial charge is 0.141 e. The summed E-state index contributed by atoms with van der Waals surface area (Å²) in [6.07, 6.45) is 3.54. The van der Waals surface area contributed by atoms with Gasteiger partial charge in [-0.15, -0.1) is 0 Å². The third kappa shape index (κ3) is 3.56. The van der Waals surface area contributed by atoms with Crippen molar-refractivity contribution >= 4 is 5.78 Å². The van der Waals surface area contributed by atoms with E-state index in [1.165, 1.54) is 12.8 Å². The van der Waals surface area contributed by atoms with E-state index in [1.807, 2.05) is 0 Å². The molecule has 0 amide bonds. The predicted octanol–water partition coefficient (Wildman–Crippen LogP) is 4.70. The summed E-state index contributed by atoms with van der Waals surface area (Å²) in [6, 6.07) is 0. The Balaban J connectivity index is 2.92. The second-order valence-corrected chi connectivity index (χ2v) is 8.11. The van der Waals surface area contributed by atoms with Crippen LogP contribution in [-0.2, 0) is 4.79 Å². The average molecular weight is 238 g/mol. The molecule has 100 valence electrons. The number of rotatable bonds is 1. The molecule has 1 rings (SSSR count). The van der Waals surface area contributed by atoms with E-state index in [0.29, 0.717) is 11.7 Å². The zero-order valence-corrected chi connectivity index (χ0v) is 12.8. The molecule has 0 aromatic carbocycles. The van der Waals surface area contributed by atoms with Crippen molar-refractivity contribution in [2.24, 2.45) is 28.6 Å². The summed E-state index contributed by atoms with van der Waals surface area (Å²) in [6.45, 7) is 15.4. The van der Waals surface area contributed by atoms with E-state index in [9.17, 15) is 4.79 Å². The van der Waals surface area contributed by atoms with Crippen LogP contribution in [0.1, 0.15) is 67.7 Å². The maximum absolute atomic E-state index is 12.6. The lowest BCUT2D eigenvalue weighted by Crippen LogP contribution is -2.41. The predicted molar refractivity (Wildman–Crippen MR) is 73.9 cm³/mol. The van der Waals surface area contributed by atoms with Crippen LogP contribution < -0.4 is 0 Å². The molecule has 1 saturated carbocycles. The Bertz CT molecular complexity index is 277. The Morgan fingerprint density at radius 1 is 1.00 bits per heavy atom. The second kappa shape index (κ2) is 4.74. The van der Waals surface area contributed by atoms with Gasteiger partial charge in [-0.05, 0) is 30.1 Å². The standard InChI is InChI=1S/C16H30O/c1-11-8-9-12(14(17)16(5,6)7)13(10-11)15(2,3)4/h11-13H,8-10H2,1-7H3/t11?,12-,13?/m0/s1. The summed E-state index contributed by atoms with van der Waals surface area (Å²) < 4.78 is 0. The second-order valence-electron chi connectivity index (χ2n) is 8.11. The molecule has 0 N–H and O–H groups in total. The molecule has 2 unspecified atom stereocenters. The first-order valence-electron chi connectivity index (χ1n) is 7.08. The molecule has 0 bridgehead atoms.